The first-order valence-corrected chi connectivity index (χ1v) is 10.9. The van der Waals surface area contributed by atoms with E-state index < -0.39 is 5.91 Å². The maximum atomic E-state index is 12.2. The first-order chi connectivity index (χ1) is 15.1. The quantitative estimate of drug-likeness (QED) is 0.448. The number of amides is 1. The minimum absolute atomic E-state index is 0.0719. The molecule has 1 aromatic carbocycles. The molecule has 0 atom stereocenters. The standard InChI is InChI=1S/C22H24N8OS/c1-12-18(22(3,4)5)32-21(26-12)17(19(23)31)11-25-20-16-10-15(30-28-13(2)27-29-30)7-6-14(16)8-9-24-20/h6-11H,1-5H3,(H2,23,31)(H,24,25). The summed E-state index contributed by atoms with van der Waals surface area (Å²) in [6.07, 6.45) is 3.27. The van der Waals surface area contributed by atoms with Crippen molar-refractivity contribution < 1.29 is 4.79 Å². The van der Waals surface area contributed by atoms with E-state index in [2.05, 4.69) is 51.5 Å². The Kier molecular flexibility index (Phi) is 5.47. The number of rotatable bonds is 5. The minimum Gasteiger partial charge on any atom is -0.365 e. The number of nitrogens with two attached hydrogens (primary N) is 1. The Hall–Kier alpha value is -3.66. The fourth-order valence-corrected chi connectivity index (χ4v) is 4.52. The molecular weight excluding hydrogens is 424 g/mol. The van der Waals surface area contributed by atoms with Crippen molar-refractivity contribution in [2.24, 2.45) is 5.73 Å². The van der Waals surface area contributed by atoms with Crippen LogP contribution in [0.5, 0.6) is 0 Å². The molecule has 164 valence electrons. The second-order valence-corrected chi connectivity index (χ2v) is 9.44. The summed E-state index contributed by atoms with van der Waals surface area (Å²) in [5.74, 6) is 0.594. The zero-order chi connectivity index (χ0) is 23.0. The Labute approximate surface area is 189 Å². The van der Waals surface area contributed by atoms with Gasteiger partial charge in [0.15, 0.2) is 5.82 Å². The number of pyridine rings is 1. The van der Waals surface area contributed by atoms with Gasteiger partial charge in [0.1, 0.15) is 10.8 Å². The summed E-state index contributed by atoms with van der Waals surface area (Å²) in [6, 6.07) is 7.68. The van der Waals surface area contributed by atoms with Crippen LogP contribution in [0.15, 0.2) is 36.7 Å². The molecular formula is C22H24N8OS. The maximum Gasteiger partial charge on any atom is 0.253 e. The Balaban J connectivity index is 1.73. The van der Waals surface area contributed by atoms with Gasteiger partial charge in [-0.15, -0.1) is 26.3 Å². The van der Waals surface area contributed by atoms with E-state index >= 15 is 0 Å². The third-order valence-corrected chi connectivity index (χ3v) is 6.44. The Morgan fingerprint density at radius 2 is 2.00 bits per heavy atom. The second-order valence-electron chi connectivity index (χ2n) is 8.44. The number of nitrogens with one attached hydrogen (secondary N) is 1. The van der Waals surface area contributed by atoms with E-state index in [4.69, 9.17) is 5.73 Å². The van der Waals surface area contributed by atoms with Crippen LogP contribution in [0.25, 0.3) is 22.0 Å². The van der Waals surface area contributed by atoms with Crippen molar-refractivity contribution in [3.8, 4) is 5.69 Å². The van der Waals surface area contributed by atoms with Crippen molar-refractivity contribution in [2.45, 2.75) is 40.0 Å². The predicted molar refractivity (Wildman–Crippen MR) is 126 cm³/mol. The van der Waals surface area contributed by atoms with Gasteiger partial charge in [-0.05, 0) is 48.1 Å². The van der Waals surface area contributed by atoms with E-state index in [0.29, 0.717) is 22.2 Å². The largest absolute Gasteiger partial charge is 0.365 e. The number of benzene rings is 1. The van der Waals surface area contributed by atoms with Crippen LogP contribution < -0.4 is 11.1 Å². The van der Waals surface area contributed by atoms with Crippen molar-refractivity contribution in [1.82, 2.24) is 30.2 Å². The number of hydrogen-bond donors (Lipinski definition) is 2. The SMILES string of the molecule is Cc1nnn(-c2ccc3ccnc(NC=C(C(N)=O)c4nc(C)c(C(C)(C)C)s4)c3c2)n1. The highest BCUT2D eigenvalue weighted by molar-refractivity contribution is 7.13. The zero-order valence-electron chi connectivity index (χ0n) is 18.5. The van der Waals surface area contributed by atoms with E-state index in [1.165, 1.54) is 16.1 Å². The lowest BCUT2D eigenvalue weighted by molar-refractivity contribution is -0.112. The van der Waals surface area contributed by atoms with Crippen LogP contribution in [0.3, 0.4) is 0 Å². The van der Waals surface area contributed by atoms with Crippen LogP contribution in [0.1, 0.15) is 42.2 Å². The molecule has 4 aromatic rings. The number of fused-ring (bicyclic) bond motifs is 1. The predicted octanol–water partition coefficient (Wildman–Crippen LogP) is 3.52. The summed E-state index contributed by atoms with van der Waals surface area (Å²) in [5, 5.41) is 17.8. The number of anilines is 1. The van der Waals surface area contributed by atoms with Gasteiger partial charge in [-0.25, -0.2) is 9.97 Å². The summed E-state index contributed by atoms with van der Waals surface area (Å²) < 4.78 is 0. The van der Waals surface area contributed by atoms with Crippen LogP contribution in [0.4, 0.5) is 5.82 Å². The molecule has 4 rings (SSSR count). The molecule has 0 saturated heterocycles. The summed E-state index contributed by atoms with van der Waals surface area (Å²) >= 11 is 1.48. The van der Waals surface area contributed by atoms with Crippen molar-refractivity contribution in [3.05, 3.63) is 58.1 Å². The fraction of sp³-hybridized carbons (Fsp3) is 0.273. The first-order valence-electron chi connectivity index (χ1n) is 10.0. The lowest BCUT2D eigenvalue weighted by Crippen LogP contribution is -2.14. The summed E-state index contributed by atoms with van der Waals surface area (Å²) in [6.45, 7) is 10.1. The molecule has 3 aromatic heterocycles. The van der Waals surface area contributed by atoms with Crippen molar-refractivity contribution in [3.63, 3.8) is 0 Å². The summed E-state index contributed by atoms with van der Waals surface area (Å²) in [5.41, 5.74) is 7.56. The highest BCUT2D eigenvalue weighted by Crippen LogP contribution is 2.34. The van der Waals surface area contributed by atoms with Gasteiger partial charge < -0.3 is 11.1 Å². The number of aryl methyl sites for hydroxylation is 2. The van der Waals surface area contributed by atoms with Crippen LogP contribution in [-0.4, -0.2) is 36.1 Å². The number of carbonyl (C=O) groups is 1. The maximum absolute atomic E-state index is 12.2. The molecule has 0 aliphatic carbocycles. The van der Waals surface area contributed by atoms with Gasteiger partial charge in [0.2, 0.25) is 0 Å². The van der Waals surface area contributed by atoms with Gasteiger partial charge in [-0.3, -0.25) is 4.79 Å². The Bertz CT molecular complexity index is 1350. The molecule has 1 amide bonds. The van der Waals surface area contributed by atoms with Gasteiger partial charge in [0, 0.05) is 22.7 Å². The molecule has 0 saturated carbocycles. The van der Waals surface area contributed by atoms with Gasteiger partial charge in [-0.2, -0.15) is 0 Å². The molecule has 0 spiro atoms. The van der Waals surface area contributed by atoms with Gasteiger partial charge in [-0.1, -0.05) is 26.8 Å². The van der Waals surface area contributed by atoms with E-state index in [0.717, 1.165) is 27.0 Å². The third-order valence-electron chi connectivity index (χ3n) is 4.82. The van der Waals surface area contributed by atoms with E-state index in [-0.39, 0.29) is 5.41 Å². The van der Waals surface area contributed by atoms with Crippen LogP contribution in [-0.2, 0) is 10.2 Å². The van der Waals surface area contributed by atoms with Gasteiger partial charge in [0.25, 0.3) is 5.91 Å². The molecule has 10 heteroatoms. The second kappa shape index (κ2) is 8.12. The minimum atomic E-state index is -0.560. The molecule has 0 fully saturated rings. The number of carbonyl (C=O) groups excluding carboxylic acids is 1. The number of nitrogens with zero attached hydrogens (tertiary/aromatic N) is 6. The number of hydrogen-bond acceptors (Lipinski definition) is 8. The van der Waals surface area contributed by atoms with Crippen LogP contribution in [0, 0.1) is 13.8 Å². The van der Waals surface area contributed by atoms with E-state index in [1.807, 2.05) is 31.2 Å². The third kappa shape index (κ3) is 4.22. The summed E-state index contributed by atoms with van der Waals surface area (Å²) in [4.78, 5) is 23.8. The van der Waals surface area contributed by atoms with E-state index in [1.54, 1.807) is 19.3 Å². The van der Waals surface area contributed by atoms with Crippen molar-refractivity contribution in [2.75, 3.05) is 5.32 Å². The molecule has 3 heterocycles. The normalized spacial score (nSPS) is 12.3. The van der Waals surface area contributed by atoms with Gasteiger partial charge >= 0.3 is 0 Å². The van der Waals surface area contributed by atoms with Crippen molar-refractivity contribution >= 4 is 39.4 Å². The smallest absolute Gasteiger partial charge is 0.253 e. The Morgan fingerprint density at radius 3 is 2.62 bits per heavy atom. The average Bonchev–Trinajstić information content (AvgIpc) is 3.33. The molecule has 32 heavy (non-hydrogen) atoms. The van der Waals surface area contributed by atoms with Gasteiger partial charge in [0.05, 0.1) is 17.0 Å². The fourth-order valence-electron chi connectivity index (χ4n) is 3.38. The van der Waals surface area contributed by atoms with E-state index in [9.17, 15) is 4.79 Å². The first kappa shape index (κ1) is 21.6. The van der Waals surface area contributed by atoms with Crippen molar-refractivity contribution in [1.29, 1.82) is 0 Å². The molecule has 3 N–H and O–H groups in total. The topological polar surface area (TPSA) is 124 Å². The molecule has 0 aliphatic heterocycles. The highest BCUT2D eigenvalue weighted by Gasteiger charge is 2.23. The molecule has 9 nitrogen and oxygen atoms in total. The number of aromatic nitrogens is 6. The lowest BCUT2D eigenvalue weighted by atomic mass is 9.93. The number of primary amides is 1. The molecule has 0 radical (unpaired) electrons. The average molecular weight is 449 g/mol. The van der Waals surface area contributed by atoms with Crippen LogP contribution in [0.2, 0.25) is 0 Å². The monoisotopic (exact) mass is 448 g/mol. The molecule has 0 bridgehead atoms. The van der Waals surface area contributed by atoms with Crippen LogP contribution >= 0.6 is 11.3 Å². The Morgan fingerprint density at radius 1 is 1.22 bits per heavy atom. The zero-order valence-corrected chi connectivity index (χ0v) is 19.4. The number of tetrazole rings is 1. The highest BCUT2D eigenvalue weighted by atomic mass is 32.1. The molecule has 0 aliphatic rings. The lowest BCUT2D eigenvalue weighted by Gasteiger charge is -2.16. The summed E-state index contributed by atoms with van der Waals surface area (Å²) in [7, 11) is 0. The number of thiazole rings is 1. The molecule has 0 unspecified atom stereocenters.